The summed E-state index contributed by atoms with van der Waals surface area (Å²) in [5, 5.41) is 0. The molecule has 0 saturated heterocycles. The minimum absolute atomic E-state index is 0.0330. The molecule has 0 aliphatic carbocycles. The van der Waals surface area contributed by atoms with Crippen molar-refractivity contribution in [1.29, 1.82) is 0 Å². The van der Waals surface area contributed by atoms with Crippen molar-refractivity contribution in [1.82, 2.24) is 19.4 Å². The van der Waals surface area contributed by atoms with Gasteiger partial charge in [0.15, 0.2) is 0 Å². The van der Waals surface area contributed by atoms with Crippen molar-refractivity contribution >= 4 is 6.03 Å². The maximum atomic E-state index is 14.8. The number of hydrogen-bond donors (Lipinski definition) is 1. The molecule has 0 saturated carbocycles. The third-order valence-electron chi connectivity index (χ3n) is 6.15. The molecule has 0 aliphatic heterocycles. The predicted molar refractivity (Wildman–Crippen MR) is 140 cm³/mol. The summed E-state index contributed by atoms with van der Waals surface area (Å²) in [6, 6.07) is 11.3. The number of imidazole rings is 1. The first-order valence-corrected chi connectivity index (χ1v) is 12.3. The van der Waals surface area contributed by atoms with Crippen molar-refractivity contribution in [3.63, 3.8) is 0 Å². The molecule has 6 nitrogen and oxygen atoms in total. The first-order chi connectivity index (χ1) is 17.4. The van der Waals surface area contributed by atoms with Gasteiger partial charge >= 0.3 is 6.03 Å². The minimum atomic E-state index is -0.709. The molecule has 0 spiro atoms. The maximum absolute atomic E-state index is 14.8. The van der Waals surface area contributed by atoms with E-state index in [9.17, 15) is 18.0 Å². The minimum Gasteiger partial charge on any atom is -0.331 e. The third-order valence-corrected chi connectivity index (χ3v) is 6.15. The van der Waals surface area contributed by atoms with Crippen LogP contribution in [0.15, 0.2) is 54.7 Å². The number of carbonyl (C=O) groups excluding carboxylic acids is 1. The molecule has 2 aromatic carbocycles. The molecule has 37 heavy (non-hydrogen) atoms. The molecule has 2 N–H and O–H groups in total. The fraction of sp³-hybridized carbons (Fsp3) is 0.429. The Hall–Kier alpha value is -3.33. The van der Waals surface area contributed by atoms with Gasteiger partial charge in [-0.15, -0.1) is 0 Å². The van der Waals surface area contributed by atoms with Crippen LogP contribution in [0.3, 0.4) is 0 Å². The van der Waals surface area contributed by atoms with Crippen molar-refractivity contribution in [3.8, 4) is 11.3 Å². The van der Waals surface area contributed by atoms with Gasteiger partial charge in [0, 0.05) is 45.0 Å². The molecule has 0 aliphatic rings. The molecular formula is C28H36F3N5O. The summed E-state index contributed by atoms with van der Waals surface area (Å²) in [4.78, 5) is 21.3. The summed E-state index contributed by atoms with van der Waals surface area (Å²) in [5.74, 6) is -0.661. The van der Waals surface area contributed by atoms with Gasteiger partial charge in [-0.1, -0.05) is 51.1 Å². The van der Waals surface area contributed by atoms with Crippen molar-refractivity contribution in [2.45, 2.75) is 45.8 Å². The van der Waals surface area contributed by atoms with E-state index in [4.69, 9.17) is 10.7 Å². The summed E-state index contributed by atoms with van der Waals surface area (Å²) in [7, 11) is 3.29. The summed E-state index contributed by atoms with van der Waals surface area (Å²) in [5.41, 5.74) is 6.61. The fourth-order valence-electron chi connectivity index (χ4n) is 4.35. The van der Waals surface area contributed by atoms with Crippen LogP contribution in [-0.4, -0.2) is 58.7 Å². The summed E-state index contributed by atoms with van der Waals surface area (Å²) < 4.78 is 43.9. The zero-order chi connectivity index (χ0) is 27.3. The Morgan fingerprint density at radius 2 is 1.78 bits per heavy atom. The van der Waals surface area contributed by atoms with Gasteiger partial charge in [-0.05, 0) is 35.6 Å². The number of benzene rings is 2. The Balaban J connectivity index is 2.21. The number of hydrogen-bond acceptors (Lipinski definition) is 3. The SMILES string of the molecule is CN(C)C(=O)N(CC[C@H](N)CF)C(c1nc(-c2cc(F)ccc2F)cn1Cc1ccccc1)C(C)(C)C. The second-order valence-corrected chi connectivity index (χ2v) is 10.6. The topological polar surface area (TPSA) is 67.4 Å². The lowest BCUT2D eigenvalue weighted by Crippen LogP contribution is -2.48. The number of rotatable bonds is 9. The number of urea groups is 1. The van der Waals surface area contributed by atoms with Gasteiger partial charge in [0.25, 0.3) is 0 Å². The quantitative estimate of drug-likeness (QED) is 0.401. The van der Waals surface area contributed by atoms with Crippen molar-refractivity contribution < 1.29 is 18.0 Å². The second kappa shape index (κ2) is 11.8. The average Bonchev–Trinajstić information content (AvgIpc) is 3.24. The van der Waals surface area contributed by atoms with E-state index in [0.717, 1.165) is 23.8 Å². The van der Waals surface area contributed by atoms with Gasteiger partial charge in [-0.2, -0.15) is 0 Å². The Morgan fingerprint density at radius 1 is 1.11 bits per heavy atom. The molecule has 0 fully saturated rings. The van der Waals surface area contributed by atoms with Gasteiger partial charge in [-0.25, -0.2) is 22.9 Å². The third kappa shape index (κ3) is 6.91. The highest BCUT2D eigenvalue weighted by Gasteiger charge is 2.39. The Bertz CT molecular complexity index is 1190. The van der Waals surface area contributed by atoms with Gasteiger partial charge in [0.05, 0.1) is 11.7 Å². The zero-order valence-corrected chi connectivity index (χ0v) is 22.1. The highest BCUT2D eigenvalue weighted by molar-refractivity contribution is 5.74. The largest absolute Gasteiger partial charge is 0.331 e. The number of carbonyl (C=O) groups is 1. The van der Waals surface area contributed by atoms with Crippen LogP contribution in [0.25, 0.3) is 11.3 Å². The van der Waals surface area contributed by atoms with Crippen LogP contribution in [0, 0.1) is 17.0 Å². The van der Waals surface area contributed by atoms with Crippen molar-refractivity contribution in [2.75, 3.05) is 27.3 Å². The van der Waals surface area contributed by atoms with E-state index in [-0.39, 0.29) is 30.3 Å². The van der Waals surface area contributed by atoms with E-state index in [1.807, 2.05) is 55.7 Å². The van der Waals surface area contributed by atoms with E-state index < -0.39 is 35.8 Å². The van der Waals surface area contributed by atoms with E-state index in [0.29, 0.717) is 12.4 Å². The van der Waals surface area contributed by atoms with Crippen LogP contribution in [-0.2, 0) is 6.54 Å². The average molecular weight is 516 g/mol. The molecule has 0 bridgehead atoms. The number of alkyl halides is 1. The first-order valence-electron chi connectivity index (χ1n) is 12.3. The monoisotopic (exact) mass is 515 g/mol. The predicted octanol–water partition coefficient (Wildman–Crippen LogP) is 5.63. The Kier molecular flexibility index (Phi) is 9.02. The van der Waals surface area contributed by atoms with E-state index in [1.54, 1.807) is 25.2 Å². The van der Waals surface area contributed by atoms with Crippen molar-refractivity contribution in [2.24, 2.45) is 11.1 Å². The van der Waals surface area contributed by atoms with Crippen molar-refractivity contribution in [3.05, 3.63) is 77.8 Å². The number of aromatic nitrogens is 2. The highest BCUT2D eigenvalue weighted by Crippen LogP contribution is 2.40. The molecule has 200 valence electrons. The smallest absolute Gasteiger partial charge is 0.320 e. The van der Waals surface area contributed by atoms with Gasteiger partial charge < -0.3 is 20.1 Å². The van der Waals surface area contributed by atoms with Crippen LogP contribution in [0.2, 0.25) is 0 Å². The highest BCUT2D eigenvalue weighted by atomic mass is 19.1. The van der Waals surface area contributed by atoms with Gasteiger partial charge in [0.2, 0.25) is 0 Å². The lowest BCUT2D eigenvalue weighted by molar-refractivity contribution is 0.0899. The molecule has 0 radical (unpaired) electrons. The molecule has 1 unspecified atom stereocenters. The van der Waals surface area contributed by atoms with Gasteiger partial charge in [0.1, 0.15) is 24.1 Å². The van der Waals surface area contributed by atoms with Crippen LogP contribution in [0.4, 0.5) is 18.0 Å². The summed E-state index contributed by atoms with van der Waals surface area (Å²) >= 11 is 0. The van der Waals surface area contributed by atoms with E-state index in [2.05, 4.69) is 0 Å². The molecule has 1 aromatic heterocycles. The molecule has 9 heteroatoms. The molecule has 3 aromatic rings. The summed E-state index contributed by atoms with van der Waals surface area (Å²) in [6.45, 7) is 5.84. The number of nitrogens with zero attached hydrogens (tertiary/aromatic N) is 4. The van der Waals surface area contributed by atoms with Crippen LogP contribution < -0.4 is 5.73 Å². The summed E-state index contributed by atoms with van der Waals surface area (Å²) in [6.07, 6.45) is 1.94. The molecule has 1 heterocycles. The second-order valence-electron chi connectivity index (χ2n) is 10.6. The molecular weight excluding hydrogens is 479 g/mol. The van der Waals surface area contributed by atoms with Crippen LogP contribution in [0.1, 0.15) is 44.6 Å². The Morgan fingerprint density at radius 3 is 2.38 bits per heavy atom. The number of amides is 2. The van der Waals surface area contributed by atoms with Crippen LogP contribution >= 0.6 is 0 Å². The lowest BCUT2D eigenvalue weighted by atomic mass is 9.84. The number of nitrogens with two attached hydrogens (primary N) is 1. The fourth-order valence-corrected chi connectivity index (χ4v) is 4.35. The Labute approximate surface area is 216 Å². The van der Waals surface area contributed by atoms with Crippen LogP contribution in [0.5, 0.6) is 0 Å². The molecule has 2 amide bonds. The molecule has 3 rings (SSSR count). The molecule has 2 atom stereocenters. The standard InChI is InChI=1S/C28H36F3N5O/c1-28(2,3)25(36(27(37)34(4)5)14-13-21(32)16-29)26-33-24(22-15-20(30)11-12-23(22)31)18-35(26)17-19-9-7-6-8-10-19/h6-12,15,18,21,25H,13-14,16-17,32H2,1-5H3/t21-,25?/m0/s1. The maximum Gasteiger partial charge on any atom is 0.320 e. The van der Waals surface area contributed by atoms with E-state index in [1.165, 1.54) is 4.90 Å². The zero-order valence-electron chi connectivity index (χ0n) is 22.1. The number of halogens is 3. The lowest BCUT2D eigenvalue weighted by Gasteiger charge is -2.41. The van der Waals surface area contributed by atoms with Gasteiger partial charge in [-0.3, -0.25) is 0 Å². The first kappa shape index (κ1) is 28.2. The van der Waals surface area contributed by atoms with E-state index >= 15 is 0 Å². The normalized spacial score (nSPS) is 13.3.